The van der Waals surface area contributed by atoms with Gasteiger partial charge in [-0.2, -0.15) is 0 Å². The summed E-state index contributed by atoms with van der Waals surface area (Å²) in [6.45, 7) is 5.47. The lowest BCUT2D eigenvalue weighted by molar-refractivity contribution is 0.0660. The van der Waals surface area contributed by atoms with Crippen LogP contribution in [-0.4, -0.2) is 29.9 Å². The minimum absolute atomic E-state index is 0. The van der Waals surface area contributed by atoms with Crippen molar-refractivity contribution in [2.45, 2.75) is 32.7 Å². The lowest BCUT2D eigenvalue weighted by atomic mass is 9.91. The van der Waals surface area contributed by atoms with E-state index in [2.05, 4.69) is 0 Å². The van der Waals surface area contributed by atoms with Gasteiger partial charge in [-0.3, -0.25) is 4.79 Å². The van der Waals surface area contributed by atoms with Crippen LogP contribution in [-0.2, 0) is 0 Å². The first kappa shape index (κ1) is 17.3. The van der Waals surface area contributed by atoms with Gasteiger partial charge < -0.3 is 10.6 Å². The number of halogens is 2. The highest BCUT2D eigenvalue weighted by Gasteiger charge is 2.27. The zero-order valence-electron chi connectivity index (χ0n) is 11.9. The Hall–Kier alpha value is -0.770. The molecule has 5 heteroatoms. The Morgan fingerprint density at radius 1 is 1.50 bits per heavy atom. The number of amides is 1. The van der Waals surface area contributed by atoms with Crippen LogP contribution in [0.4, 0.5) is 0 Å². The van der Waals surface area contributed by atoms with E-state index < -0.39 is 0 Å². The van der Waals surface area contributed by atoms with Crippen molar-refractivity contribution in [1.82, 2.24) is 4.90 Å². The van der Waals surface area contributed by atoms with Crippen LogP contribution in [0.25, 0.3) is 0 Å². The summed E-state index contributed by atoms with van der Waals surface area (Å²) in [6.07, 6.45) is 2.13. The Kier molecular flexibility index (Phi) is 6.31. The van der Waals surface area contributed by atoms with Crippen molar-refractivity contribution < 1.29 is 4.79 Å². The van der Waals surface area contributed by atoms with Crippen LogP contribution in [0.15, 0.2) is 18.2 Å². The number of piperidine rings is 1. The standard InChI is InChI=1S/C15H21ClN2O.ClH/c1-10-13(6-3-7-14(10)16)15(19)18-8-4-5-12(9-18)11(2)17;/h3,6-7,11-12H,4-5,8-9,17H2,1-2H3;1H. The Balaban J connectivity index is 0.00000200. The van der Waals surface area contributed by atoms with E-state index in [4.69, 9.17) is 17.3 Å². The van der Waals surface area contributed by atoms with Gasteiger partial charge >= 0.3 is 0 Å². The Morgan fingerprint density at radius 3 is 2.85 bits per heavy atom. The number of carbonyl (C=O) groups is 1. The van der Waals surface area contributed by atoms with Crippen molar-refractivity contribution in [3.8, 4) is 0 Å². The van der Waals surface area contributed by atoms with Crippen LogP contribution in [0.3, 0.4) is 0 Å². The van der Waals surface area contributed by atoms with Crippen molar-refractivity contribution in [1.29, 1.82) is 0 Å². The van der Waals surface area contributed by atoms with E-state index in [-0.39, 0.29) is 24.4 Å². The van der Waals surface area contributed by atoms with Gasteiger partial charge in [0, 0.05) is 29.7 Å². The second-order valence-corrected chi connectivity index (χ2v) is 5.83. The average Bonchev–Trinajstić information content (AvgIpc) is 2.41. The highest BCUT2D eigenvalue weighted by atomic mass is 35.5. The van der Waals surface area contributed by atoms with E-state index in [1.54, 1.807) is 0 Å². The van der Waals surface area contributed by atoms with Gasteiger partial charge in [0.25, 0.3) is 5.91 Å². The number of hydrogen-bond acceptors (Lipinski definition) is 2. The lowest BCUT2D eigenvalue weighted by Crippen LogP contribution is -2.45. The Bertz CT molecular complexity index is 477. The highest BCUT2D eigenvalue weighted by Crippen LogP contribution is 2.24. The van der Waals surface area contributed by atoms with E-state index >= 15 is 0 Å². The number of nitrogens with two attached hydrogens (primary N) is 1. The molecule has 1 heterocycles. The molecule has 0 saturated carbocycles. The van der Waals surface area contributed by atoms with Crippen molar-refractivity contribution in [3.63, 3.8) is 0 Å². The maximum atomic E-state index is 12.6. The van der Waals surface area contributed by atoms with Gasteiger partial charge in [-0.05, 0) is 50.3 Å². The van der Waals surface area contributed by atoms with Gasteiger partial charge in [-0.1, -0.05) is 17.7 Å². The van der Waals surface area contributed by atoms with Crippen LogP contribution < -0.4 is 5.73 Å². The molecule has 1 aromatic carbocycles. The zero-order chi connectivity index (χ0) is 14.0. The summed E-state index contributed by atoms with van der Waals surface area (Å²) in [5.41, 5.74) is 7.53. The third-order valence-electron chi connectivity index (χ3n) is 3.99. The molecule has 1 aromatic rings. The summed E-state index contributed by atoms with van der Waals surface area (Å²) in [5.74, 6) is 0.475. The molecule has 1 aliphatic heterocycles. The molecule has 2 N–H and O–H groups in total. The molecule has 20 heavy (non-hydrogen) atoms. The van der Waals surface area contributed by atoms with Crippen LogP contribution in [0.1, 0.15) is 35.7 Å². The number of likely N-dealkylation sites (tertiary alicyclic amines) is 1. The molecule has 0 aromatic heterocycles. The van der Waals surface area contributed by atoms with Crippen molar-refractivity contribution in [2.75, 3.05) is 13.1 Å². The summed E-state index contributed by atoms with van der Waals surface area (Å²) in [7, 11) is 0. The van der Waals surface area contributed by atoms with E-state index in [1.165, 1.54) is 0 Å². The SMILES string of the molecule is Cc1c(Cl)cccc1C(=O)N1CCCC(C(C)N)C1.Cl. The third-order valence-corrected chi connectivity index (χ3v) is 4.40. The van der Waals surface area contributed by atoms with Gasteiger partial charge in [-0.25, -0.2) is 0 Å². The summed E-state index contributed by atoms with van der Waals surface area (Å²) in [6, 6.07) is 5.62. The molecule has 0 radical (unpaired) electrons. The van der Waals surface area contributed by atoms with Gasteiger partial charge in [0.1, 0.15) is 0 Å². The van der Waals surface area contributed by atoms with Crippen molar-refractivity contribution in [3.05, 3.63) is 34.3 Å². The molecule has 1 fully saturated rings. The molecule has 0 bridgehead atoms. The molecule has 0 aliphatic carbocycles. The molecule has 1 amide bonds. The maximum Gasteiger partial charge on any atom is 0.254 e. The smallest absolute Gasteiger partial charge is 0.254 e. The number of benzene rings is 1. The summed E-state index contributed by atoms with van der Waals surface area (Å²) >= 11 is 6.09. The van der Waals surface area contributed by atoms with E-state index in [0.29, 0.717) is 16.5 Å². The van der Waals surface area contributed by atoms with Gasteiger partial charge in [0.05, 0.1) is 0 Å². The minimum Gasteiger partial charge on any atom is -0.338 e. The van der Waals surface area contributed by atoms with Crippen molar-refractivity contribution in [2.24, 2.45) is 11.7 Å². The lowest BCUT2D eigenvalue weighted by Gasteiger charge is -2.35. The summed E-state index contributed by atoms with van der Waals surface area (Å²) in [4.78, 5) is 14.5. The number of rotatable bonds is 2. The van der Waals surface area contributed by atoms with Crippen LogP contribution in [0.5, 0.6) is 0 Å². The molecular weight excluding hydrogens is 295 g/mol. The van der Waals surface area contributed by atoms with Gasteiger partial charge in [0.15, 0.2) is 0 Å². The molecule has 3 nitrogen and oxygen atoms in total. The predicted molar refractivity (Wildman–Crippen MR) is 85.7 cm³/mol. The molecule has 1 aliphatic rings. The first-order chi connectivity index (χ1) is 9.00. The molecular formula is C15H22Cl2N2O. The van der Waals surface area contributed by atoms with Gasteiger partial charge in [-0.15, -0.1) is 12.4 Å². The van der Waals surface area contributed by atoms with Crippen LogP contribution in [0, 0.1) is 12.8 Å². The van der Waals surface area contributed by atoms with Crippen LogP contribution >= 0.6 is 24.0 Å². The quantitative estimate of drug-likeness (QED) is 0.910. The maximum absolute atomic E-state index is 12.6. The fourth-order valence-electron chi connectivity index (χ4n) is 2.63. The predicted octanol–water partition coefficient (Wildman–Crippen LogP) is 3.27. The third kappa shape index (κ3) is 3.66. The topological polar surface area (TPSA) is 46.3 Å². The number of hydrogen-bond donors (Lipinski definition) is 1. The molecule has 1 saturated heterocycles. The highest BCUT2D eigenvalue weighted by molar-refractivity contribution is 6.31. The largest absolute Gasteiger partial charge is 0.338 e. The van der Waals surface area contributed by atoms with Crippen molar-refractivity contribution >= 4 is 29.9 Å². The fourth-order valence-corrected chi connectivity index (χ4v) is 2.81. The van der Waals surface area contributed by atoms with E-state index in [1.807, 2.05) is 36.9 Å². The van der Waals surface area contributed by atoms with E-state index in [9.17, 15) is 4.79 Å². The second kappa shape index (κ2) is 7.30. The Morgan fingerprint density at radius 2 is 2.20 bits per heavy atom. The molecule has 112 valence electrons. The second-order valence-electron chi connectivity index (χ2n) is 5.42. The van der Waals surface area contributed by atoms with E-state index in [0.717, 1.165) is 31.5 Å². The molecule has 0 spiro atoms. The Labute approximate surface area is 131 Å². The summed E-state index contributed by atoms with van der Waals surface area (Å²) < 4.78 is 0. The summed E-state index contributed by atoms with van der Waals surface area (Å²) in [5, 5.41) is 0.645. The molecule has 2 rings (SSSR count). The molecule has 2 unspecified atom stereocenters. The normalized spacial score (nSPS) is 20.2. The zero-order valence-corrected chi connectivity index (χ0v) is 13.5. The molecule has 2 atom stereocenters. The minimum atomic E-state index is 0. The fraction of sp³-hybridized carbons (Fsp3) is 0.533. The first-order valence-corrected chi connectivity index (χ1v) is 7.18. The number of carbonyl (C=O) groups excluding carboxylic acids is 1. The van der Waals surface area contributed by atoms with Crippen LogP contribution in [0.2, 0.25) is 5.02 Å². The number of nitrogens with zero attached hydrogens (tertiary/aromatic N) is 1. The monoisotopic (exact) mass is 316 g/mol. The average molecular weight is 317 g/mol. The van der Waals surface area contributed by atoms with Gasteiger partial charge in [0.2, 0.25) is 0 Å². The first-order valence-electron chi connectivity index (χ1n) is 6.80.